The van der Waals surface area contributed by atoms with Gasteiger partial charge < -0.3 is 15.2 Å². The lowest BCUT2D eigenvalue weighted by atomic mass is 10.0. The first-order valence-electron chi connectivity index (χ1n) is 10.5. The van der Waals surface area contributed by atoms with Crippen LogP contribution in [0.15, 0.2) is 36.4 Å². The summed E-state index contributed by atoms with van der Waals surface area (Å²) in [5, 5.41) is 14.2. The van der Waals surface area contributed by atoms with Gasteiger partial charge in [0.1, 0.15) is 11.8 Å². The summed E-state index contributed by atoms with van der Waals surface area (Å²) in [5.74, 6) is -0.372. The number of unbranched alkanes of at least 4 members (excludes halogenated alkanes) is 3. The third-order valence-corrected chi connectivity index (χ3v) is 5.42. The Labute approximate surface area is 171 Å². The molecule has 0 bridgehead atoms. The summed E-state index contributed by atoms with van der Waals surface area (Å²) in [7, 11) is 0. The molecule has 2 N–H and O–H groups in total. The summed E-state index contributed by atoms with van der Waals surface area (Å²) < 4.78 is 6.13. The van der Waals surface area contributed by atoms with E-state index in [2.05, 4.69) is 30.4 Å². The topological polar surface area (TPSA) is 78.9 Å². The molecule has 1 atom stereocenters. The number of benzene rings is 2. The van der Waals surface area contributed by atoms with Gasteiger partial charge in [0.15, 0.2) is 0 Å². The van der Waals surface area contributed by atoms with Crippen LogP contribution >= 0.6 is 0 Å². The van der Waals surface area contributed by atoms with Gasteiger partial charge in [0.25, 0.3) is 0 Å². The summed E-state index contributed by atoms with van der Waals surface area (Å²) in [6.07, 6.45) is 4.33. The Hall–Kier alpha value is -2.60. The highest BCUT2D eigenvalue weighted by molar-refractivity contribution is 5.89. The lowest BCUT2D eigenvalue weighted by molar-refractivity contribution is -0.143. The fraction of sp³-hybridized carbons (Fsp3) is 0.478. The van der Waals surface area contributed by atoms with Crippen LogP contribution in [0, 0.1) is 0 Å². The molecule has 1 saturated heterocycles. The Morgan fingerprint density at radius 3 is 2.83 bits per heavy atom. The molecule has 2 aromatic carbocycles. The number of amides is 1. The molecule has 29 heavy (non-hydrogen) atoms. The number of aliphatic carboxylic acids is 1. The highest BCUT2D eigenvalue weighted by Gasteiger charge is 2.32. The minimum atomic E-state index is -0.970. The van der Waals surface area contributed by atoms with E-state index in [9.17, 15) is 14.7 Å². The number of nitrogens with one attached hydrogen (secondary N) is 1. The molecule has 2 aromatic rings. The van der Waals surface area contributed by atoms with Crippen LogP contribution in [0.1, 0.15) is 44.6 Å². The number of ether oxygens (including phenoxy) is 1. The van der Waals surface area contributed by atoms with Gasteiger partial charge in [-0.25, -0.2) is 0 Å². The standard InChI is InChI=1S/C23H30N2O4/c1-2-3-4-7-14-29-21-11-10-17-8-5-6-9-18(17)19(21)16-25-13-12-24-23(28)20(25)15-22(26)27/h5-6,8-11,20H,2-4,7,12-16H2,1H3,(H,24,28)(H,26,27). The molecule has 1 heterocycles. The molecular weight excluding hydrogens is 368 g/mol. The number of nitrogens with zero attached hydrogens (tertiary/aromatic N) is 1. The number of piperazine rings is 1. The molecule has 6 nitrogen and oxygen atoms in total. The fourth-order valence-corrected chi connectivity index (χ4v) is 3.87. The predicted molar refractivity (Wildman–Crippen MR) is 113 cm³/mol. The lowest BCUT2D eigenvalue weighted by Gasteiger charge is -2.34. The van der Waals surface area contributed by atoms with Crippen molar-refractivity contribution in [3.05, 3.63) is 42.0 Å². The number of carboxylic acid groups (broad SMARTS) is 1. The highest BCUT2D eigenvalue weighted by atomic mass is 16.5. The van der Waals surface area contributed by atoms with Crippen LogP contribution in [0.2, 0.25) is 0 Å². The molecule has 0 saturated carbocycles. The van der Waals surface area contributed by atoms with Crippen LogP contribution in [0.3, 0.4) is 0 Å². The third kappa shape index (κ3) is 5.48. The number of rotatable bonds is 10. The first kappa shape index (κ1) is 21.1. The van der Waals surface area contributed by atoms with E-state index in [4.69, 9.17) is 4.74 Å². The second-order valence-electron chi connectivity index (χ2n) is 7.55. The Morgan fingerprint density at radius 2 is 2.03 bits per heavy atom. The molecule has 1 amide bonds. The van der Waals surface area contributed by atoms with Gasteiger partial charge in [-0.2, -0.15) is 0 Å². The van der Waals surface area contributed by atoms with E-state index < -0.39 is 12.0 Å². The van der Waals surface area contributed by atoms with Crippen LogP contribution < -0.4 is 10.1 Å². The van der Waals surface area contributed by atoms with E-state index in [0.29, 0.717) is 26.2 Å². The highest BCUT2D eigenvalue weighted by Crippen LogP contribution is 2.31. The maximum Gasteiger partial charge on any atom is 0.305 e. The first-order chi connectivity index (χ1) is 14.1. The largest absolute Gasteiger partial charge is 0.493 e. The summed E-state index contributed by atoms with van der Waals surface area (Å²) >= 11 is 0. The molecule has 0 radical (unpaired) electrons. The Kier molecular flexibility index (Phi) is 7.47. The van der Waals surface area contributed by atoms with Crippen molar-refractivity contribution in [2.45, 2.75) is 51.6 Å². The molecule has 3 rings (SSSR count). The zero-order valence-electron chi connectivity index (χ0n) is 17.0. The van der Waals surface area contributed by atoms with Crippen molar-refractivity contribution in [1.82, 2.24) is 10.2 Å². The minimum Gasteiger partial charge on any atom is -0.493 e. The molecule has 0 aliphatic carbocycles. The van der Waals surface area contributed by atoms with Crippen LogP contribution in [0.25, 0.3) is 10.8 Å². The van der Waals surface area contributed by atoms with Crippen molar-refractivity contribution in [3.8, 4) is 5.75 Å². The molecule has 0 aromatic heterocycles. The van der Waals surface area contributed by atoms with Gasteiger partial charge in [0, 0.05) is 25.2 Å². The lowest BCUT2D eigenvalue weighted by Crippen LogP contribution is -2.55. The number of hydrogen-bond donors (Lipinski definition) is 2. The van der Waals surface area contributed by atoms with Gasteiger partial charge in [0.05, 0.1) is 13.0 Å². The smallest absolute Gasteiger partial charge is 0.305 e. The summed E-state index contributed by atoms with van der Waals surface area (Å²) in [4.78, 5) is 25.5. The maximum atomic E-state index is 12.3. The molecule has 1 aliphatic heterocycles. The van der Waals surface area contributed by atoms with Gasteiger partial charge in [0.2, 0.25) is 5.91 Å². The van der Waals surface area contributed by atoms with Crippen LogP contribution in [-0.2, 0) is 16.1 Å². The van der Waals surface area contributed by atoms with Crippen molar-refractivity contribution in [1.29, 1.82) is 0 Å². The van der Waals surface area contributed by atoms with Crippen molar-refractivity contribution in [2.75, 3.05) is 19.7 Å². The van der Waals surface area contributed by atoms with Gasteiger partial charge >= 0.3 is 5.97 Å². The number of fused-ring (bicyclic) bond motifs is 1. The quantitative estimate of drug-likeness (QED) is 0.598. The summed E-state index contributed by atoms with van der Waals surface area (Å²) in [6.45, 7) is 4.46. The van der Waals surface area contributed by atoms with Gasteiger partial charge in [-0.05, 0) is 23.3 Å². The van der Waals surface area contributed by atoms with Gasteiger partial charge in [-0.3, -0.25) is 14.5 Å². The molecule has 0 spiro atoms. The van der Waals surface area contributed by atoms with E-state index in [1.54, 1.807) is 0 Å². The number of carbonyl (C=O) groups is 2. The van der Waals surface area contributed by atoms with E-state index in [0.717, 1.165) is 34.9 Å². The number of carboxylic acids is 1. The summed E-state index contributed by atoms with van der Waals surface area (Å²) in [6, 6.07) is 11.5. The zero-order chi connectivity index (χ0) is 20.6. The molecule has 6 heteroatoms. The third-order valence-electron chi connectivity index (χ3n) is 5.42. The normalized spacial score (nSPS) is 17.3. The average molecular weight is 399 g/mol. The molecule has 1 fully saturated rings. The molecule has 1 unspecified atom stereocenters. The van der Waals surface area contributed by atoms with Crippen molar-refractivity contribution in [3.63, 3.8) is 0 Å². The van der Waals surface area contributed by atoms with Crippen molar-refractivity contribution in [2.24, 2.45) is 0 Å². The van der Waals surface area contributed by atoms with E-state index >= 15 is 0 Å². The van der Waals surface area contributed by atoms with Crippen molar-refractivity contribution >= 4 is 22.6 Å². The zero-order valence-corrected chi connectivity index (χ0v) is 17.0. The van der Waals surface area contributed by atoms with Gasteiger partial charge in [-0.15, -0.1) is 0 Å². The number of carbonyl (C=O) groups excluding carboxylic acids is 1. The van der Waals surface area contributed by atoms with Gasteiger partial charge in [-0.1, -0.05) is 56.5 Å². The van der Waals surface area contributed by atoms with E-state index in [1.165, 1.54) is 12.8 Å². The van der Waals surface area contributed by atoms with E-state index in [-0.39, 0.29) is 12.3 Å². The Balaban J connectivity index is 1.85. The Bertz CT molecular complexity index is 852. The predicted octanol–water partition coefficient (Wildman–Crippen LogP) is 3.57. The maximum absolute atomic E-state index is 12.3. The summed E-state index contributed by atoms with van der Waals surface area (Å²) in [5.41, 5.74) is 1.02. The number of hydrogen-bond acceptors (Lipinski definition) is 4. The molecule has 156 valence electrons. The second kappa shape index (κ2) is 10.3. The monoisotopic (exact) mass is 398 g/mol. The molecule has 1 aliphatic rings. The van der Waals surface area contributed by atoms with E-state index in [1.807, 2.05) is 23.1 Å². The molecular formula is C23H30N2O4. The average Bonchev–Trinajstić information content (AvgIpc) is 2.71. The van der Waals surface area contributed by atoms with Crippen molar-refractivity contribution < 1.29 is 19.4 Å². The SMILES string of the molecule is CCCCCCOc1ccc2ccccc2c1CN1CCNC(=O)C1CC(=O)O. The van der Waals surface area contributed by atoms with Crippen LogP contribution in [0.4, 0.5) is 0 Å². The second-order valence-corrected chi connectivity index (χ2v) is 7.55. The Morgan fingerprint density at radius 1 is 1.21 bits per heavy atom. The fourth-order valence-electron chi connectivity index (χ4n) is 3.87. The first-order valence-corrected chi connectivity index (χ1v) is 10.5. The minimum absolute atomic E-state index is 0.205. The van der Waals surface area contributed by atoms with Crippen LogP contribution in [0.5, 0.6) is 5.75 Å². The van der Waals surface area contributed by atoms with Crippen LogP contribution in [-0.4, -0.2) is 47.6 Å².